The fraction of sp³-hybridized carbons (Fsp3) is 0.692. The highest BCUT2D eigenvalue weighted by atomic mass is 16.5. The van der Waals surface area contributed by atoms with Gasteiger partial charge in [-0.1, -0.05) is 0 Å². The number of ether oxygens (including phenoxy) is 1. The van der Waals surface area contributed by atoms with Crippen molar-refractivity contribution < 1.29 is 4.74 Å². The molecule has 0 saturated carbocycles. The lowest BCUT2D eigenvalue weighted by molar-refractivity contribution is 0.232. The molecule has 18 heavy (non-hydrogen) atoms. The zero-order chi connectivity index (χ0) is 13.0. The number of hydrogen-bond acceptors (Lipinski definition) is 5. The van der Waals surface area contributed by atoms with E-state index in [0.29, 0.717) is 11.9 Å². The second-order valence-corrected chi connectivity index (χ2v) is 4.99. The highest BCUT2D eigenvalue weighted by Gasteiger charge is 2.19. The van der Waals surface area contributed by atoms with E-state index in [9.17, 15) is 0 Å². The molecule has 1 atom stereocenters. The van der Waals surface area contributed by atoms with Crippen LogP contribution in [0.15, 0.2) is 12.4 Å². The summed E-state index contributed by atoms with van der Waals surface area (Å²) in [6, 6.07) is 2.41. The lowest BCUT2D eigenvalue weighted by Crippen LogP contribution is -2.44. The van der Waals surface area contributed by atoms with Crippen LogP contribution in [0.2, 0.25) is 0 Å². The van der Waals surface area contributed by atoms with Crippen molar-refractivity contribution in [1.29, 1.82) is 0 Å². The number of nitrogens with one attached hydrogen (secondary N) is 1. The maximum absolute atomic E-state index is 5.60. The molecule has 5 heteroatoms. The standard InChI is InChI=1S/C13H22N4O/c1-10(2)18-13-7-12(15-9-16-13)17(3)11-5-4-6-14-8-11/h7,9-11,14H,4-6,8H2,1-3H3. The van der Waals surface area contributed by atoms with Gasteiger partial charge < -0.3 is 15.0 Å². The van der Waals surface area contributed by atoms with Crippen molar-refractivity contribution in [2.45, 2.75) is 38.8 Å². The zero-order valence-corrected chi connectivity index (χ0v) is 11.4. The fourth-order valence-corrected chi connectivity index (χ4v) is 2.18. The Hall–Kier alpha value is -1.36. The molecule has 5 nitrogen and oxygen atoms in total. The third-order valence-electron chi connectivity index (χ3n) is 3.16. The van der Waals surface area contributed by atoms with Gasteiger partial charge in [0.15, 0.2) is 0 Å². The molecule has 1 unspecified atom stereocenters. The average molecular weight is 250 g/mol. The summed E-state index contributed by atoms with van der Waals surface area (Å²) in [5, 5.41) is 3.42. The van der Waals surface area contributed by atoms with E-state index in [1.807, 2.05) is 19.9 Å². The molecule has 0 spiro atoms. The van der Waals surface area contributed by atoms with Gasteiger partial charge in [0.2, 0.25) is 5.88 Å². The summed E-state index contributed by atoms with van der Waals surface area (Å²) >= 11 is 0. The van der Waals surface area contributed by atoms with Crippen LogP contribution in [0.4, 0.5) is 5.82 Å². The quantitative estimate of drug-likeness (QED) is 0.876. The molecule has 1 aliphatic rings. The Morgan fingerprint density at radius 3 is 2.94 bits per heavy atom. The van der Waals surface area contributed by atoms with Gasteiger partial charge in [0.1, 0.15) is 12.1 Å². The lowest BCUT2D eigenvalue weighted by Gasteiger charge is -2.32. The van der Waals surface area contributed by atoms with Gasteiger partial charge in [-0.15, -0.1) is 0 Å². The smallest absolute Gasteiger partial charge is 0.218 e. The molecule has 1 saturated heterocycles. The number of nitrogens with zero attached hydrogens (tertiary/aromatic N) is 3. The molecular weight excluding hydrogens is 228 g/mol. The topological polar surface area (TPSA) is 50.3 Å². The number of rotatable bonds is 4. The van der Waals surface area contributed by atoms with E-state index in [1.54, 1.807) is 6.33 Å². The summed E-state index contributed by atoms with van der Waals surface area (Å²) < 4.78 is 5.60. The van der Waals surface area contributed by atoms with Gasteiger partial charge in [-0.2, -0.15) is 0 Å². The fourth-order valence-electron chi connectivity index (χ4n) is 2.18. The van der Waals surface area contributed by atoms with Gasteiger partial charge in [0, 0.05) is 25.7 Å². The van der Waals surface area contributed by atoms with E-state index in [-0.39, 0.29) is 6.10 Å². The van der Waals surface area contributed by atoms with E-state index >= 15 is 0 Å². The van der Waals surface area contributed by atoms with Crippen LogP contribution < -0.4 is 15.0 Å². The first-order valence-electron chi connectivity index (χ1n) is 6.59. The Labute approximate surface area is 109 Å². The summed E-state index contributed by atoms with van der Waals surface area (Å²) in [5.41, 5.74) is 0. The molecule has 0 bridgehead atoms. The van der Waals surface area contributed by atoms with Gasteiger partial charge in [0.25, 0.3) is 0 Å². The van der Waals surface area contributed by atoms with Crippen LogP contribution in [0, 0.1) is 0 Å². The van der Waals surface area contributed by atoms with E-state index in [2.05, 4.69) is 27.2 Å². The number of piperidine rings is 1. The minimum absolute atomic E-state index is 0.134. The van der Waals surface area contributed by atoms with Crippen molar-refractivity contribution in [3.05, 3.63) is 12.4 Å². The average Bonchev–Trinajstić information content (AvgIpc) is 2.38. The van der Waals surface area contributed by atoms with Crippen molar-refractivity contribution in [2.75, 3.05) is 25.0 Å². The van der Waals surface area contributed by atoms with Gasteiger partial charge in [-0.25, -0.2) is 9.97 Å². The molecule has 2 rings (SSSR count). The van der Waals surface area contributed by atoms with Gasteiger partial charge in [-0.05, 0) is 33.2 Å². The summed E-state index contributed by atoms with van der Waals surface area (Å²) in [7, 11) is 2.08. The first-order chi connectivity index (χ1) is 8.66. The van der Waals surface area contributed by atoms with Crippen LogP contribution in [0.25, 0.3) is 0 Å². The Balaban J connectivity index is 2.06. The Morgan fingerprint density at radius 2 is 2.28 bits per heavy atom. The van der Waals surface area contributed by atoms with Crippen LogP contribution in [0.3, 0.4) is 0 Å². The van der Waals surface area contributed by atoms with E-state index in [1.165, 1.54) is 12.8 Å². The predicted molar refractivity (Wildman–Crippen MR) is 72.1 cm³/mol. The summed E-state index contributed by atoms with van der Waals surface area (Å²) in [6.45, 7) is 6.13. The van der Waals surface area contributed by atoms with Crippen LogP contribution >= 0.6 is 0 Å². The minimum Gasteiger partial charge on any atom is -0.475 e. The molecule has 1 aromatic rings. The summed E-state index contributed by atoms with van der Waals surface area (Å²) in [5.74, 6) is 1.57. The van der Waals surface area contributed by atoms with Gasteiger partial charge >= 0.3 is 0 Å². The number of anilines is 1. The van der Waals surface area contributed by atoms with E-state index in [0.717, 1.165) is 18.9 Å². The third-order valence-corrected chi connectivity index (χ3v) is 3.16. The zero-order valence-electron chi connectivity index (χ0n) is 11.4. The second kappa shape index (κ2) is 6.00. The van der Waals surface area contributed by atoms with Crippen molar-refractivity contribution in [3.8, 4) is 5.88 Å². The largest absolute Gasteiger partial charge is 0.475 e. The molecule has 0 aromatic carbocycles. The molecular formula is C13H22N4O. The first kappa shape index (κ1) is 13.1. The first-order valence-corrected chi connectivity index (χ1v) is 6.59. The van der Waals surface area contributed by atoms with Crippen molar-refractivity contribution in [3.63, 3.8) is 0 Å². The Kier molecular flexibility index (Phi) is 4.36. The molecule has 100 valence electrons. The molecule has 0 aliphatic carbocycles. The molecule has 1 aliphatic heterocycles. The van der Waals surface area contributed by atoms with Crippen LogP contribution in [-0.4, -0.2) is 42.3 Å². The monoisotopic (exact) mass is 250 g/mol. The van der Waals surface area contributed by atoms with Crippen LogP contribution in [0.5, 0.6) is 5.88 Å². The Bertz CT molecular complexity index is 377. The SMILES string of the molecule is CC(C)Oc1cc(N(C)C2CCCNC2)ncn1. The van der Waals surface area contributed by atoms with Gasteiger partial charge in [-0.3, -0.25) is 0 Å². The molecule has 1 fully saturated rings. The van der Waals surface area contributed by atoms with Gasteiger partial charge in [0.05, 0.1) is 6.10 Å². The lowest BCUT2D eigenvalue weighted by atomic mass is 10.1. The van der Waals surface area contributed by atoms with E-state index in [4.69, 9.17) is 4.74 Å². The normalized spacial score (nSPS) is 19.9. The highest BCUT2D eigenvalue weighted by molar-refractivity contribution is 5.41. The third kappa shape index (κ3) is 3.32. The summed E-state index contributed by atoms with van der Waals surface area (Å²) in [6.07, 6.45) is 4.12. The van der Waals surface area contributed by atoms with Crippen LogP contribution in [-0.2, 0) is 0 Å². The maximum Gasteiger partial charge on any atom is 0.218 e. The number of likely N-dealkylation sites (N-methyl/N-ethyl adjacent to an activating group) is 1. The summed E-state index contributed by atoms with van der Waals surface area (Å²) in [4.78, 5) is 10.7. The minimum atomic E-state index is 0.134. The second-order valence-electron chi connectivity index (χ2n) is 4.99. The van der Waals surface area contributed by atoms with Crippen molar-refractivity contribution in [1.82, 2.24) is 15.3 Å². The molecule has 0 radical (unpaired) electrons. The van der Waals surface area contributed by atoms with Crippen LogP contribution in [0.1, 0.15) is 26.7 Å². The molecule has 1 aromatic heterocycles. The van der Waals surface area contributed by atoms with E-state index < -0.39 is 0 Å². The van der Waals surface area contributed by atoms with Crippen molar-refractivity contribution in [2.24, 2.45) is 0 Å². The number of hydrogen-bond donors (Lipinski definition) is 1. The Morgan fingerprint density at radius 1 is 1.44 bits per heavy atom. The predicted octanol–water partition coefficient (Wildman–Crippen LogP) is 1.45. The number of aromatic nitrogens is 2. The molecule has 2 heterocycles. The molecule has 0 amide bonds. The highest BCUT2D eigenvalue weighted by Crippen LogP contribution is 2.20. The van der Waals surface area contributed by atoms with Crippen molar-refractivity contribution >= 4 is 5.82 Å². The molecule has 1 N–H and O–H groups in total. The maximum atomic E-state index is 5.60.